The topological polar surface area (TPSA) is 79.4 Å². The number of fused-ring (bicyclic) bond motifs is 2. The number of ether oxygens (including phenoxy) is 2. The molecule has 202 valence electrons. The molecule has 0 aliphatic carbocycles. The first-order valence-corrected chi connectivity index (χ1v) is 13.5. The van der Waals surface area contributed by atoms with Crippen molar-refractivity contribution < 1.29 is 23.9 Å². The molecule has 2 amide bonds. The molecule has 0 bridgehead atoms. The first-order valence-electron chi connectivity index (χ1n) is 13.5. The molecule has 0 radical (unpaired) electrons. The van der Waals surface area contributed by atoms with Crippen LogP contribution in [0.4, 0.5) is 10.5 Å². The summed E-state index contributed by atoms with van der Waals surface area (Å²) in [5, 5.41) is 0. The van der Waals surface area contributed by atoms with E-state index in [1.807, 2.05) is 62.9 Å². The van der Waals surface area contributed by atoms with Gasteiger partial charge in [0.15, 0.2) is 5.60 Å². The van der Waals surface area contributed by atoms with E-state index < -0.39 is 11.0 Å². The molecule has 3 aliphatic heterocycles. The predicted octanol–water partition coefficient (Wildman–Crippen LogP) is 4.18. The Morgan fingerprint density at radius 3 is 2.34 bits per heavy atom. The van der Waals surface area contributed by atoms with Crippen LogP contribution in [0, 0.1) is 5.92 Å². The van der Waals surface area contributed by atoms with Crippen LogP contribution in [0.2, 0.25) is 0 Å². The maximum Gasteiger partial charge on any atom is 0.409 e. The van der Waals surface area contributed by atoms with Crippen molar-refractivity contribution in [1.29, 1.82) is 0 Å². The van der Waals surface area contributed by atoms with Gasteiger partial charge in [0.1, 0.15) is 0 Å². The number of hydrogen-bond acceptors (Lipinski definition) is 6. The lowest BCUT2D eigenvalue weighted by atomic mass is 9.83. The number of benzene rings is 2. The van der Waals surface area contributed by atoms with Gasteiger partial charge in [-0.25, -0.2) is 9.59 Å². The second-order valence-electron chi connectivity index (χ2n) is 11.5. The summed E-state index contributed by atoms with van der Waals surface area (Å²) in [6, 6.07) is 15.6. The van der Waals surface area contributed by atoms with E-state index in [2.05, 4.69) is 17.0 Å². The quantitative estimate of drug-likeness (QED) is 0.552. The number of hydrogen-bond donors (Lipinski definition) is 0. The summed E-state index contributed by atoms with van der Waals surface area (Å²) in [5.74, 6) is 0.0348. The van der Waals surface area contributed by atoms with Crippen molar-refractivity contribution in [1.82, 2.24) is 9.80 Å². The van der Waals surface area contributed by atoms with E-state index in [1.54, 1.807) is 11.0 Å². The third-order valence-electron chi connectivity index (χ3n) is 8.01. The standard InChI is InChI=1S/C30H37N3O5/c1-21(2)19-37-28(36)32-17-15-31(16-18-32)23-11-9-22(10-12-23)29(3,4)27(35)33-14-13-30(20-33)25-8-6-5-7-24(25)26(34)38-30/h5-12,21H,13-20H2,1-4H3/t30-/m0/s1. The highest BCUT2D eigenvalue weighted by Gasteiger charge is 2.52. The largest absolute Gasteiger partial charge is 0.449 e. The molecule has 2 aromatic rings. The molecule has 0 unspecified atom stereocenters. The number of anilines is 1. The van der Waals surface area contributed by atoms with Crippen molar-refractivity contribution in [3.63, 3.8) is 0 Å². The van der Waals surface area contributed by atoms with Crippen LogP contribution >= 0.6 is 0 Å². The molecular formula is C30H37N3O5. The van der Waals surface area contributed by atoms with Gasteiger partial charge in [-0.3, -0.25) is 4.79 Å². The minimum atomic E-state index is -0.743. The maximum absolute atomic E-state index is 13.7. The number of carbonyl (C=O) groups is 3. The number of esters is 1. The van der Waals surface area contributed by atoms with E-state index in [0.717, 1.165) is 29.9 Å². The SMILES string of the molecule is CC(C)COC(=O)N1CCN(c2ccc(C(C)(C)C(=O)N3CC[C@@]4(C3)OC(=O)c3ccccc34)cc2)CC1. The molecule has 3 heterocycles. The molecule has 3 aliphatic rings. The monoisotopic (exact) mass is 519 g/mol. The predicted molar refractivity (Wildman–Crippen MR) is 144 cm³/mol. The molecule has 8 heteroatoms. The van der Waals surface area contributed by atoms with Crippen molar-refractivity contribution in [2.75, 3.05) is 50.8 Å². The molecule has 1 spiro atoms. The summed E-state index contributed by atoms with van der Waals surface area (Å²) in [6.45, 7) is 12.0. The summed E-state index contributed by atoms with van der Waals surface area (Å²) in [6.07, 6.45) is 0.363. The third-order valence-corrected chi connectivity index (χ3v) is 8.01. The Kier molecular flexibility index (Phi) is 6.84. The van der Waals surface area contributed by atoms with Gasteiger partial charge < -0.3 is 24.2 Å². The van der Waals surface area contributed by atoms with Crippen molar-refractivity contribution in [3.8, 4) is 0 Å². The van der Waals surface area contributed by atoms with Crippen LogP contribution in [0.3, 0.4) is 0 Å². The Bertz CT molecular complexity index is 1220. The van der Waals surface area contributed by atoms with Crippen LogP contribution in [-0.2, 0) is 25.3 Å². The minimum Gasteiger partial charge on any atom is -0.449 e. The van der Waals surface area contributed by atoms with Crippen LogP contribution in [-0.4, -0.2) is 73.6 Å². The fourth-order valence-electron chi connectivity index (χ4n) is 5.69. The van der Waals surface area contributed by atoms with Crippen molar-refractivity contribution in [3.05, 3.63) is 65.2 Å². The van der Waals surface area contributed by atoms with E-state index in [1.165, 1.54) is 0 Å². The highest BCUT2D eigenvalue weighted by molar-refractivity contribution is 5.95. The number of amides is 2. The first kappa shape index (κ1) is 26.1. The zero-order valence-electron chi connectivity index (χ0n) is 22.7. The molecule has 5 rings (SSSR count). The normalized spacial score (nSPS) is 21.2. The Labute approximate surface area is 224 Å². The van der Waals surface area contributed by atoms with E-state index in [9.17, 15) is 14.4 Å². The Balaban J connectivity index is 1.21. The van der Waals surface area contributed by atoms with Crippen molar-refractivity contribution >= 4 is 23.7 Å². The maximum atomic E-state index is 13.7. The van der Waals surface area contributed by atoms with Crippen LogP contribution in [0.1, 0.15) is 55.6 Å². The third kappa shape index (κ3) is 4.72. The van der Waals surface area contributed by atoms with E-state index >= 15 is 0 Å². The minimum absolute atomic E-state index is 0.0241. The molecule has 38 heavy (non-hydrogen) atoms. The zero-order chi connectivity index (χ0) is 27.1. The molecule has 0 N–H and O–H groups in total. The average Bonchev–Trinajstić information content (AvgIpc) is 3.47. The van der Waals surface area contributed by atoms with E-state index in [0.29, 0.717) is 50.7 Å². The average molecular weight is 520 g/mol. The summed E-state index contributed by atoms with van der Waals surface area (Å²) in [7, 11) is 0. The summed E-state index contributed by atoms with van der Waals surface area (Å²) < 4.78 is 11.2. The highest BCUT2D eigenvalue weighted by Crippen LogP contribution is 2.44. The van der Waals surface area contributed by atoms with Gasteiger partial charge in [0.05, 0.1) is 24.1 Å². The molecule has 0 aromatic heterocycles. The lowest BCUT2D eigenvalue weighted by molar-refractivity contribution is -0.136. The number of nitrogens with zero attached hydrogens (tertiary/aromatic N) is 3. The van der Waals surface area contributed by atoms with Gasteiger partial charge in [-0.15, -0.1) is 0 Å². The molecule has 2 fully saturated rings. The van der Waals surface area contributed by atoms with Gasteiger partial charge in [0.2, 0.25) is 5.91 Å². The van der Waals surface area contributed by atoms with Crippen molar-refractivity contribution in [2.24, 2.45) is 5.92 Å². The Morgan fingerprint density at radius 2 is 1.66 bits per heavy atom. The van der Waals surface area contributed by atoms with Gasteiger partial charge in [0, 0.05) is 50.4 Å². The molecule has 2 saturated heterocycles. The molecule has 0 saturated carbocycles. The van der Waals surface area contributed by atoms with Gasteiger partial charge in [-0.1, -0.05) is 44.2 Å². The summed E-state index contributed by atoms with van der Waals surface area (Å²) in [5.41, 5.74) is 2.02. The van der Waals surface area contributed by atoms with Crippen LogP contribution in [0.15, 0.2) is 48.5 Å². The van der Waals surface area contributed by atoms with Crippen LogP contribution < -0.4 is 4.90 Å². The van der Waals surface area contributed by atoms with Crippen molar-refractivity contribution in [2.45, 2.75) is 45.1 Å². The number of likely N-dealkylation sites (tertiary alicyclic amines) is 1. The van der Waals surface area contributed by atoms with Crippen LogP contribution in [0.25, 0.3) is 0 Å². The van der Waals surface area contributed by atoms with Gasteiger partial charge in [-0.2, -0.15) is 0 Å². The lowest BCUT2D eigenvalue weighted by Crippen LogP contribution is -2.49. The summed E-state index contributed by atoms with van der Waals surface area (Å²) in [4.78, 5) is 44.2. The fourth-order valence-corrected chi connectivity index (χ4v) is 5.69. The first-order chi connectivity index (χ1) is 18.1. The molecule has 8 nitrogen and oxygen atoms in total. The number of rotatable bonds is 5. The summed E-state index contributed by atoms with van der Waals surface area (Å²) >= 11 is 0. The molecular weight excluding hydrogens is 482 g/mol. The zero-order valence-corrected chi connectivity index (χ0v) is 22.7. The lowest BCUT2D eigenvalue weighted by Gasteiger charge is -2.36. The second-order valence-corrected chi connectivity index (χ2v) is 11.5. The number of piperazine rings is 1. The van der Waals surface area contributed by atoms with Gasteiger partial charge in [0.25, 0.3) is 0 Å². The molecule has 1 atom stereocenters. The van der Waals surface area contributed by atoms with E-state index in [-0.39, 0.29) is 18.0 Å². The van der Waals surface area contributed by atoms with E-state index in [4.69, 9.17) is 9.47 Å². The fraction of sp³-hybridized carbons (Fsp3) is 0.500. The van der Waals surface area contributed by atoms with Crippen LogP contribution in [0.5, 0.6) is 0 Å². The smallest absolute Gasteiger partial charge is 0.409 e. The van der Waals surface area contributed by atoms with Gasteiger partial charge in [-0.05, 0) is 43.5 Å². The Hall–Kier alpha value is -3.55. The second kappa shape index (κ2) is 9.97. The molecule has 2 aromatic carbocycles. The highest BCUT2D eigenvalue weighted by atomic mass is 16.6. The van der Waals surface area contributed by atoms with Gasteiger partial charge >= 0.3 is 12.1 Å². The Morgan fingerprint density at radius 1 is 0.974 bits per heavy atom. The number of carbonyl (C=O) groups excluding carboxylic acids is 3.